The van der Waals surface area contributed by atoms with Gasteiger partial charge in [-0.2, -0.15) is 5.10 Å². The third kappa shape index (κ3) is 5.83. The Morgan fingerprint density at radius 2 is 1.92 bits per heavy atom. The normalized spacial score (nSPS) is 17.5. The number of para-hydroxylation sites is 1. The van der Waals surface area contributed by atoms with E-state index in [9.17, 15) is 23.2 Å². The number of halogens is 2. The number of H-pyrrole nitrogens is 1. The summed E-state index contributed by atoms with van der Waals surface area (Å²) >= 11 is 0. The van der Waals surface area contributed by atoms with Crippen LogP contribution < -0.4 is 16.2 Å². The summed E-state index contributed by atoms with van der Waals surface area (Å²) < 4.78 is 33.2. The summed E-state index contributed by atoms with van der Waals surface area (Å²) in [7, 11) is 0. The highest BCUT2D eigenvalue weighted by Gasteiger charge is 2.44. The number of aromatic amines is 1. The number of hydrogen-bond donors (Lipinski definition) is 3. The van der Waals surface area contributed by atoms with Crippen LogP contribution in [-0.2, 0) is 22.0 Å². The minimum Gasteiger partial charge on any atom is -0.380 e. The molecule has 10 heteroatoms. The minimum absolute atomic E-state index is 0.101. The van der Waals surface area contributed by atoms with Crippen LogP contribution in [0.4, 0.5) is 20.2 Å². The summed E-state index contributed by atoms with van der Waals surface area (Å²) in [6.07, 6.45) is 1.54. The molecule has 36 heavy (non-hydrogen) atoms. The van der Waals surface area contributed by atoms with E-state index in [0.717, 1.165) is 18.6 Å². The molecule has 0 saturated carbocycles. The van der Waals surface area contributed by atoms with E-state index in [1.165, 1.54) is 12.3 Å². The number of nitrogens with zero attached hydrogens (tertiary/aromatic N) is 1. The van der Waals surface area contributed by atoms with Gasteiger partial charge in [-0.1, -0.05) is 30.3 Å². The highest BCUT2D eigenvalue weighted by atomic mass is 19.3. The molecule has 0 unspecified atom stereocenters. The number of aromatic nitrogens is 2. The number of alkyl halides is 2. The van der Waals surface area contributed by atoms with Crippen LogP contribution in [-0.4, -0.2) is 35.1 Å². The Hall–Kier alpha value is -3.92. The van der Waals surface area contributed by atoms with Crippen molar-refractivity contribution in [3.8, 4) is 0 Å². The number of hydrogen-bond acceptors (Lipinski definition) is 6. The molecule has 4 rings (SSSR count). The lowest BCUT2D eigenvalue weighted by Crippen LogP contribution is -2.42. The molecule has 0 bridgehead atoms. The molecule has 1 fully saturated rings. The second kappa shape index (κ2) is 10.4. The minimum atomic E-state index is -2.98. The fourth-order valence-electron chi connectivity index (χ4n) is 4.15. The van der Waals surface area contributed by atoms with Gasteiger partial charge in [0.2, 0.25) is 5.91 Å². The fourth-order valence-corrected chi connectivity index (χ4v) is 4.15. The number of benzene rings is 2. The van der Waals surface area contributed by atoms with Gasteiger partial charge in [0, 0.05) is 55.1 Å². The summed E-state index contributed by atoms with van der Waals surface area (Å²) in [6, 6.07) is 14.4. The molecule has 1 aliphatic rings. The molecule has 1 saturated heterocycles. The summed E-state index contributed by atoms with van der Waals surface area (Å²) in [5.41, 5.74) is 0.248. The zero-order chi connectivity index (χ0) is 25.8. The predicted octanol–water partition coefficient (Wildman–Crippen LogP) is 3.92. The highest BCUT2D eigenvalue weighted by Crippen LogP contribution is 2.35. The van der Waals surface area contributed by atoms with Gasteiger partial charge < -0.3 is 15.4 Å². The predicted molar refractivity (Wildman–Crippen MR) is 129 cm³/mol. The standard InChI is InChI=1S/C26H26F2N4O4/c1-25(27,28)20-4-2-3-5-21(20)31-19-8-6-17(7-9-19)14-29-24(35)26(10-11-36-16-26)13-22(33)18-12-23(34)32-30-15-18/h2-9,12,15,31H,10-11,13-14,16H2,1H3,(H,29,35)(H,32,34)/t26-/m0/s1. The van der Waals surface area contributed by atoms with Gasteiger partial charge in [-0.25, -0.2) is 13.9 Å². The average Bonchev–Trinajstić information content (AvgIpc) is 3.33. The topological polar surface area (TPSA) is 113 Å². The molecule has 2 heterocycles. The Bertz CT molecular complexity index is 1300. The summed E-state index contributed by atoms with van der Waals surface area (Å²) in [5.74, 6) is -3.66. The molecule has 188 valence electrons. The van der Waals surface area contributed by atoms with Crippen molar-refractivity contribution in [3.05, 3.63) is 87.8 Å². The lowest BCUT2D eigenvalue weighted by molar-refractivity contribution is -0.131. The van der Waals surface area contributed by atoms with E-state index in [0.29, 0.717) is 24.4 Å². The molecule has 2 aromatic carbocycles. The lowest BCUT2D eigenvalue weighted by Gasteiger charge is -2.25. The number of nitrogens with one attached hydrogen (secondary N) is 3. The molecule has 3 N–H and O–H groups in total. The van der Waals surface area contributed by atoms with Crippen molar-refractivity contribution in [3.63, 3.8) is 0 Å². The van der Waals surface area contributed by atoms with Gasteiger partial charge in [0.05, 0.1) is 18.2 Å². The number of amides is 1. The van der Waals surface area contributed by atoms with Crippen LogP contribution in [0.3, 0.4) is 0 Å². The summed E-state index contributed by atoms with van der Waals surface area (Å²) in [4.78, 5) is 37.3. The van der Waals surface area contributed by atoms with E-state index < -0.39 is 16.9 Å². The fraction of sp³-hybridized carbons (Fsp3) is 0.308. The maximum Gasteiger partial charge on any atom is 0.272 e. The van der Waals surface area contributed by atoms with E-state index >= 15 is 0 Å². The molecule has 1 aromatic heterocycles. The van der Waals surface area contributed by atoms with Crippen molar-refractivity contribution in [2.75, 3.05) is 18.5 Å². The smallest absolute Gasteiger partial charge is 0.272 e. The molecule has 0 radical (unpaired) electrons. The second-order valence-electron chi connectivity index (χ2n) is 8.96. The number of carbonyl (C=O) groups is 2. The van der Waals surface area contributed by atoms with Crippen molar-refractivity contribution >= 4 is 23.1 Å². The van der Waals surface area contributed by atoms with Crippen molar-refractivity contribution in [2.45, 2.75) is 32.2 Å². The molecule has 0 spiro atoms. The Labute approximate surface area is 206 Å². The lowest BCUT2D eigenvalue weighted by atomic mass is 9.80. The molecular formula is C26H26F2N4O4. The van der Waals surface area contributed by atoms with Crippen LogP contribution in [0, 0.1) is 5.41 Å². The molecule has 1 amide bonds. The van der Waals surface area contributed by atoms with Crippen LogP contribution in [0.15, 0.2) is 65.6 Å². The molecule has 3 aromatic rings. The monoisotopic (exact) mass is 496 g/mol. The van der Waals surface area contributed by atoms with Gasteiger partial charge in [-0.3, -0.25) is 14.4 Å². The van der Waals surface area contributed by atoms with Gasteiger partial charge >= 0.3 is 0 Å². The number of ether oxygens (including phenoxy) is 1. The SMILES string of the molecule is CC(F)(F)c1ccccc1Nc1ccc(CNC(=O)[C@]2(CC(=O)c3cn[nH]c(=O)c3)CCOC2)cc1. The van der Waals surface area contributed by atoms with Gasteiger partial charge in [0.25, 0.3) is 11.5 Å². The first-order valence-corrected chi connectivity index (χ1v) is 11.4. The average molecular weight is 497 g/mol. The zero-order valence-corrected chi connectivity index (χ0v) is 19.6. The van der Waals surface area contributed by atoms with Crippen LogP contribution >= 0.6 is 0 Å². The van der Waals surface area contributed by atoms with Crippen LogP contribution in [0.2, 0.25) is 0 Å². The number of anilines is 2. The third-order valence-corrected chi connectivity index (χ3v) is 6.16. The van der Waals surface area contributed by atoms with Gasteiger partial charge in [0.1, 0.15) is 0 Å². The van der Waals surface area contributed by atoms with E-state index in [1.54, 1.807) is 42.5 Å². The molecule has 1 atom stereocenters. The maximum absolute atomic E-state index is 13.9. The van der Waals surface area contributed by atoms with E-state index in [2.05, 4.69) is 20.8 Å². The van der Waals surface area contributed by atoms with E-state index in [-0.39, 0.29) is 42.4 Å². The van der Waals surface area contributed by atoms with E-state index in [1.807, 2.05) is 0 Å². The maximum atomic E-state index is 13.9. The Morgan fingerprint density at radius 1 is 1.17 bits per heavy atom. The molecular weight excluding hydrogens is 470 g/mol. The van der Waals surface area contributed by atoms with E-state index in [4.69, 9.17) is 4.74 Å². The number of ketones is 1. The van der Waals surface area contributed by atoms with Crippen LogP contribution in [0.25, 0.3) is 0 Å². The second-order valence-corrected chi connectivity index (χ2v) is 8.96. The van der Waals surface area contributed by atoms with Crippen molar-refractivity contribution in [1.82, 2.24) is 15.5 Å². The molecule has 8 nitrogen and oxygen atoms in total. The molecule has 0 aliphatic carbocycles. The number of carbonyl (C=O) groups excluding carboxylic acids is 2. The highest BCUT2D eigenvalue weighted by molar-refractivity contribution is 5.99. The van der Waals surface area contributed by atoms with Crippen molar-refractivity contribution in [2.24, 2.45) is 5.41 Å². The summed E-state index contributed by atoms with van der Waals surface area (Å²) in [5, 5.41) is 11.7. The zero-order valence-electron chi connectivity index (χ0n) is 19.6. The van der Waals surface area contributed by atoms with Crippen LogP contribution in [0.5, 0.6) is 0 Å². The van der Waals surface area contributed by atoms with Gasteiger partial charge in [0.15, 0.2) is 5.78 Å². The quantitative estimate of drug-likeness (QED) is 0.387. The summed E-state index contributed by atoms with van der Waals surface area (Å²) in [6.45, 7) is 1.52. The number of Topliss-reactive ketones (excluding diaryl/α,β-unsaturated/α-hetero) is 1. The first-order chi connectivity index (χ1) is 17.2. The van der Waals surface area contributed by atoms with Gasteiger partial charge in [-0.05, 0) is 30.2 Å². The number of rotatable bonds is 9. The first kappa shape index (κ1) is 25.2. The van der Waals surface area contributed by atoms with Crippen LogP contribution in [0.1, 0.15) is 41.3 Å². The molecule has 1 aliphatic heterocycles. The van der Waals surface area contributed by atoms with Crippen molar-refractivity contribution < 1.29 is 23.1 Å². The Balaban J connectivity index is 1.39. The first-order valence-electron chi connectivity index (χ1n) is 11.4. The van der Waals surface area contributed by atoms with Crippen molar-refractivity contribution in [1.29, 1.82) is 0 Å². The Morgan fingerprint density at radius 3 is 2.58 bits per heavy atom. The third-order valence-electron chi connectivity index (χ3n) is 6.16. The van der Waals surface area contributed by atoms with Gasteiger partial charge in [-0.15, -0.1) is 0 Å². The largest absolute Gasteiger partial charge is 0.380 e. The Kier molecular flexibility index (Phi) is 7.25.